The summed E-state index contributed by atoms with van der Waals surface area (Å²) in [5.41, 5.74) is -5.80. The molecule has 1 atom stereocenters. The first-order valence-electron chi connectivity index (χ1n) is 10.3. The van der Waals surface area contributed by atoms with Crippen molar-refractivity contribution in [1.29, 1.82) is 0 Å². The summed E-state index contributed by atoms with van der Waals surface area (Å²) >= 11 is 5.97. The summed E-state index contributed by atoms with van der Waals surface area (Å²) in [6.45, 7) is 2.03. The molecule has 1 aromatic carbocycles. The average molecular weight is 531 g/mol. The zero-order chi connectivity index (χ0) is 25.4. The van der Waals surface area contributed by atoms with Crippen LogP contribution in [0.1, 0.15) is 42.0 Å². The molecule has 3 aromatic rings. The topological polar surface area (TPSA) is 120 Å². The van der Waals surface area contributed by atoms with E-state index in [1.807, 2.05) is 0 Å². The van der Waals surface area contributed by atoms with E-state index in [0.717, 1.165) is 25.0 Å². The van der Waals surface area contributed by atoms with Crippen LogP contribution >= 0.6 is 11.6 Å². The van der Waals surface area contributed by atoms with Crippen molar-refractivity contribution in [3.05, 3.63) is 59.4 Å². The number of nitrogens with zero attached hydrogens (tertiary/aromatic N) is 6. The van der Waals surface area contributed by atoms with Crippen LogP contribution in [0.3, 0.4) is 0 Å². The second kappa shape index (κ2) is 9.41. The molecule has 0 N–H and O–H groups in total. The van der Waals surface area contributed by atoms with Crippen molar-refractivity contribution < 1.29 is 30.6 Å². The largest absolute Gasteiger partial charge is 0.534 e. The van der Waals surface area contributed by atoms with Crippen LogP contribution in [0.15, 0.2) is 43.0 Å². The van der Waals surface area contributed by atoms with Gasteiger partial charge < -0.3 is 9.08 Å². The number of aromatic nitrogens is 5. The summed E-state index contributed by atoms with van der Waals surface area (Å²) in [5, 5.41) is 3.96. The summed E-state index contributed by atoms with van der Waals surface area (Å²) < 4.78 is 66.6. The Morgan fingerprint density at radius 3 is 2.54 bits per heavy atom. The fourth-order valence-corrected chi connectivity index (χ4v) is 3.97. The van der Waals surface area contributed by atoms with Crippen molar-refractivity contribution in [2.75, 3.05) is 6.54 Å². The number of hydrogen-bond donors (Lipinski definition) is 0. The van der Waals surface area contributed by atoms with Gasteiger partial charge in [-0.15, -0.1) is 0 Å². The van der Waals surface area contributed by atoms with Crippen LogP contribution in [0.2, 0.25) is 5.02 Å². The van der Waals surface area contributed by atoms with Crippen molar-refractivity contribution in [1.82, 2.24) is 29.6 Å². The third-order valence-corrected chi connectivity index (χ3v) is 6.37. The molecule has 2 aromatic heterocycles. The van der Waals surface area contributed by atoms with Crippen molar-refractivity contribution in [2.24, 2.45) is 5.92 Å². The molecule has 0 radical (unpaired) electrons. The van der Waals surface area contributed by atoms with Crippen LogP contribution in [0.5, 0.6) is 5.75 Å². The first-order valence-corrected chi connectivity index (χ1v) is 12.0. The maximum atomic E-state index is 13.5. The number of rotatable bonds is 8. The fraction of sp³-hybridized carbons (Fsp3) is 0.350. The molecule has 15 heteroatoms. The molecule has 35 heavy (non-hydrogen) atoms. The van der Waals surface area contributed by atoms with E-state index in [-0.39, 0.29) is 22.5 Å². The van der Waals surface area contributed by atoms with Crippen LogP contribution in [0.4, 0.5) is 13.2 Å². The molecule has 1 saturated carbocycles. The lowest BCUT2D eigenvalue weighted by Gasteiger charge is -2.29. The molecule has 1 fully saturated rings. The minimum atomic E-state index is -5.95. The van der Waals surface area contributed by atoms with E-state index in [4.69, 9.17) is 11.6 Å². The smallest absolute Gasteiger partial charge is 0.376 e. The molecule has 186 valence electrons. The van der Waals surface area contributed by atoms with E-state index in [0.29, 0.717) is 12.4 Å². The second-order valence-electron chi connectivity index (χ2n) is 7.81. The summed E-state index contributed by atoms with van der Waals surface area (Å²) in [6.07, 6.45) is 6.13. The zero-order valence-corrected chi connectivity index (χ0v) is 19.6. The molecule has 0 aliphatic heterocycles. The van der Waals surface area contributed by atoms with Gasteiger partial charge in [-0.1, -0.05) is 11.6 Å². The molecule has 1 aliphatic rings. The lowest BCUT2D eigenvalue weighted by atomic mass is 10.1. The van der Waals surface area contributed by atoms with Crippen LogP contribution < -0.4 is 4.18 Å². The number of halogens is 4. The Labute approximate surface area is 202 Å². The van der Waals surface area contributed by atoms with Crippen LogP contribution in [-0.4, -0.2) is 56.0 Å². The Kier molecular flexibility index (Phi) is 6.68. The van der Waals surface area contributed by atoms with Crippen molar-refractivity contribution >= 4 is 27.6 Å². The molecule has 4 rings (SSSR count). The van der Waals surface area contributed by atoms with Crippen molar-refractivity contribution in [3.63, 3.8) is 0 Å². The number of carbonyl (C=O) groups excluding carboxylic acids is 1. The van der Waals surface area contributed by atoms with Gasteiger partial charge in [-0.25, -0.2) is 15.0 Å². The van der Waals surface area contributed by atoms with Gasteiger partial charge in [-0.3, -0.25) is 4.79 Å². The molecule has 0 saturated heterocycles. The monoisotopic (exact) mass is 530 g/mol. The predicted molar refractivity (Wildman–Crippen MR) is 116 cm³/mol. The summed E-state index contributed by atoms with van der Waals surface area (Å²) in [6, 6.07) is 3.96. The van der Waals surface area contributed by atoms with Gasteiger partial charge in [-0.2, -0.15) is 31.4 Å². The lowest BCUT2D eigenvalue weighted by Crippen LogP contribution is -2.36. The maximum absolute atomic E-state index is 13.5. The Hall–Kier alpha value is -3.26. The third kappa shape index (κ3) is 5.53. The van der Waals surface area contributed by atoms with E-state index < -0.39 is 33.3 Å². The number of carbonyl (C=O) groups is 1. The number of benzene rings is 1. The fourth-order valence-electron chi connectivity index (χ4n) is 3.30. The SMILES string of the molecule is CC(c1ncnn1-c1ncccn1)N(CC1CC1)C(=O)c1cc(Cl)cc(OS(=O)(=O)C(F)(F)F)c1. The molecule has 10 nitrogen and oxygen atoms in total. The van der Waals surface area contributed by atoms with Crippen LogP contribution in [-0.2, 0) is 10.1 Å². The average Bonchev–Trinajstić information content (AvgIpc) is 3.48. The maximum Gasteiger partial charge on any atom is 0.534 e. The standard InChI is InChI=1S/C20H18ClF3N6O4S/c1-12(17-27-11-28-30(17)19-25-5-2-6-26-19)29(10-13-3-4-13)18(31)14-7-15(21)9-16(8-14)34-35(32,33)20(22,23)24/h2,5-9,11-13H,3-4,10H2,1H3. The van der Waals surface area contributed by atoms with Crippen LogP contribution in [0, 0.1) is 5.92 Å². The number of amides is 1. The third-order valence-electron chi connectivity index (χ3n) is 5.18. The Bertz CT molecular complexity index is 1330. The molecule has 0 bridgehead atoms. The first-order chi connectivity index (χ1) is 16.5. The summed E-state index contributed by atoms with van der Waals surface area (Å²) in [7, 11) is -5.95. The molecule has 1 aliphatic carbocycles. The van der Waals surface area contributed by atoms with Gasteiger partial charge in [0.15, 0.2) is 5.82 Å². The predicted octanol–water partition coefficient (Wildman–Crippen LogP) is 3.55. The number of hydrogen-bond acceptors (Lipinski definition) is 8. The molecular formula is C20H18ClF3N6O4S. The highest BCUT2D eigenvalue weighted by atomic mass is 35.5. The van der Waals surface area contributed by atoms with Crippen molar-refractivity contribution in [2.45, 2.75) is 31.3 Å². The summed E-state index contributed by atoms with van der Waals surface area (Å²) in [5.74, 6) is -0.529. The molecule has 1 unspecified atom stereocenters. The molecule has 2 heterocycles. The van der Waals surface area contributed by atoms with E-state index in [9.17, 15) is 26.4 Å². The zero-order valence-electron chi connectivity index (χ0n) is 18.1. The van der Waals surface area contributed by atoms with Gasteiger partial charge in [0.2, 0.25) is 0 Å². The van der Waals surface area contributed by atoms with Gasteiger partial charge in [-0.05, 0) is 43.9 Å². The molecule has 1 amide bonds. The Balaban J connectivity index is 1.67. The van der Waals surface area contributed by atoms with E-state index >= 15 is 0 Å². The van der Waals surface area contributed by atoms with Gasteiger partial charge in [0.1, 0.15) is 12.1 Å². The minimum absolute atomic E-state index is 0.153. The van der Waals surface area contributed by atoms with E-state index in [1.54, 1.807) is 13.0 Å². The van der Waals surface area contributed by atoms with Crippen LogP contribution in [0.25, 0.3) is 5.95 Å². The van der Waals surface area contributed by atoms with E-state index in [2.05, 4.69) is 24.2 Å². The Morgan fingerprint density at radius 1 is 1.23 bits per heavy atom. The van der Waals surface area contributed by atoms with E-state index in [1.165, 1.54) is 34.4 Å². The summed E-state index contributed by atoms with van der Waals surface area (Å²) in [4.78, 5) is 27.5. The minimum Gasteiger partial charge on any atom is -0.376 e. The van der Waals surface area contributed by atoms with Crippen molar-refractivity contribution in [3.8, 4) is 11.7 Å². The quantitative estimate of drug-likeness (QED) is 0.320. The highest BCUT2D eigenvalue weighted by molar-refractivity contribution is 7.88. The first kappa shape index (κ1) is 24.9. The van der Waals surface area contributed by atoms with Gasteiger partial charge in [0.25, 0.3) is 11.9 Å². The van der Waals surface area contributed by atoms with Gasteiger partial charge >= 0.3 is 15.6 Å². The highest BCUT2D eigenvalue weighted by Crippen LogP contribution is 2.35. The lowest BCUT2D eigenvalue weighted by molar-refractivity contribution is -0.0500. The molecular weight excluding hydrogens is 513 g/mol. The number of alkyl halides is 3. The van der Waals surface area contributed by atoms with Gasteiger partial charge in [0.05, 0.1) is 6.04 Å². The second-order valence-corrected chi connectivity index (χ2v) is 9.79. The van der Waals surface area contributed by atoms with Gasteiger partial charge in [0, 0.05) is 35.6 Å². The normalized spacial score (nSPS) is 15.0. The Morgan fingerprint density at radius 2 is 1.91 bits per heavy atom. The highest BCUT2D eigenvalue weighted by Gasteiger charge is 2.48. The molecule has 0 spiro atoms.